The van der Waals surface area contributed by atoms with Crippen molar-refractivity contribution < 1.29 is 9.53 Å². The zero-order valence-electron chi connectivity index (χ0n) is 16.8. The Balaban J connectivity index is 1.35. The maximum absolute atomic E-state index is 12.9. The Hall–Kier alpha value is -3.16. The average Bonchev–Trinajstić information content (AvgIpc) is 3.25. The number of aromatic nitrogens is 4. The van der Waals surface area contributed by atoms with E-state index in [9.17, 15) is 4.79 Å². The van der Waals surface area contributed by atoms with Crippen LogP contribution in [0.4, 0.5) is 5.82 Å². The largest absolute Gasteiger partial charge is 0.497 e. The minimum absolute atomic E-state index is 0.0178. The second-order valence-electron chi connectivity index (χ2n) is 7.33. The molecule has 1 aliphatic rings. The average molecular weight is 394 g/mol. The molecule has 8 heteroatoms. The van der Waals surface area contributed by atoms with Gasteiger partial charge in [-0.3, -0.25) is 4.79 Å². The number of piperidine rings is 1. The lowest BCUT2D eigenvalue weighted by atomic mass is 9.94. The molecule has 0 radical (unpaired) electrons. The molecule has 0 spiro atoms. The fourth-order valence-corrected chi connectivity index (χ4v) is 3.80. The van der Waals surface area contributed by atoms with Crippen LogP contribution in [0.2, 0.25) is 0 Å². The molecule has 1 amide bonds. The highest BCUT2D eigenvalue weighted by Crippen LogP contribution is 2.25. The number of nitrogens with zero attached hydrogens (tertiary/aromatic N) is 5. The fraction of sp³-hybridized carbons (Fsp3) is 0.429. The fourth-order valence-electron chi connectivity index (χ4n) is 3.80. The van der Waals surface area contributed by atoms with E-state index in [0.29, 0.717) is 0 Å². The van der Waals surface area contributed by atoms with Crippen molar-refractivity contribution in [3.8, 4) is 5.75 Å². The number of methoxy groups -OCH3 is 1. The van der Waals surface area contributed by atoms with E-state index >= 15 is 0 Å². The van der Waals surface area contributed by atoms with E-state index in [1.54, 1.807) is 18.0 Å². The molecule has 1 unspecified atom stereocenters. The number of carbonyl (C=O) groups excluding carboxylic acids is 1. The highest BCUT2D eigenvalue weighted by molar-refractivity contribution is 5.79. The molecule has 0 bridgehead atoms. The molecule has 1 saturated heterocycles. The minimum atomic E-state index is 0.0178. The quantitative estimate of drug-likeness (QED) is 0.692. The molecule has 0 aliphatic carbocycles. The van der Waals surface area contributed by atoms with Gasteiger partial charge >= 0.3 is 0 Å². The van der Waals surface area contributed by atoms with Crippen LogP contribution < -0.4 is 15.0 Å². The number of nitrogens with one attached hydrogen (secondary N) is 1. The number of anilines is 1. The number of ether oxygens (including phenoxy) is 1. The Kier molecular flexibility index (Phi) is 5.59. The van der Waals surface area contributed by atoms with Crippen molar-refractivity contribution >= 4 is 17.4 Å². The number of carbonyl (C=O) groups is 1. The Bertz CT molecular complexity index is 963. The minimum Gasteiger partial charge on any atom is -0.497 e. The third-order valence-corrected chi connectivity index (χ3v) is 5.58. The van der Waals surface area contributed by atoms with Crippen LogP contribution in [0, 0.1) is 5.92 Å². The summed E-state index contributed by atoms with van der Waals surface area (Å²) in [4.78, 5) is 15.1. The van der Waals surface area contributed by atoms with Crippen LogP contribution in [-0.4, -0.2) is 45.9 Å². The highest BCUT2D eigenvalue weighted by Gasteiger charge is 2.27. The lowest BCUT2D eigenvalue weighted by Gasteiger charge is -2.32. The highest BCUT2D eigenvalue weighted by atomic mass is 16.5. The van der Waals surface area contributed by atoms with E-state index < -0.39 is 0 Å². The monoisotopic (exact) mass is 394 g/mol. The summed E-state index contributed by atoms with van der Waals surface area (Å²) in [7, 11) is 1.65. The van der Waals surface area contributed by atoms with Gasteiger partial charge in [0.2, 0.25) is 5.91 Å². The number of hydrogen-bond donors (Lipinski definition) is 1. The molecule has 1 aromatic carbocycles. The predicted molar refractivity (Wildman–Crippen MR) is 110 cm³/mol. The van der Waals surface area contributed by atoms with Crippen molar-refractivity contribution in [2.45, 2.75) is 32.2 Å². The van der Waals surface area contributed by atoms with Gasteiger partial charge < -0.3 is 15.0 Å². The van der Waals surface area contributed by atoms with Crippen LogP contribution in [0.3, 0.4) is 0 Å². The van der Waals surface area contributed by atoms with E-state index in [4.69, 9.17) is 4.74 Å². The molecular formula is C21H26N6O2. The summed E-state index contributed by atoms with van der Waals surface area (Å²) in [6.45, 7) is 3.70. The maximum atomic E-state index is 12.9. The summed E-state index contributed by atoms with van der Waals surface area (Å²) in [6, 6.07) is 11.8. The zero-order chi connectivity index (χ0) is 20.2. The van der Waals surface area contributed by atoms with Crippen LogP contribution >= 0.6 is 0 Å². The first-order valence-corrected chi connectivity index (χ1v) is 10.0. The van der Waals surface area contributed by atoms with E-state index in [2.05, 4.69) is 32.4 Å². The molecule has 3 aromatic rings. The SMILES string of the molecule is CCC(NC(=O)C1CCN(c2ccc3nncn3n2)CC1)c1ccc(OC)cc1. The smallest absolute Gasteiger partial charge is 0.223 e. The Morgan fingerprint density at radius 1 is 1.21 bits per heavy atom. The van der Waals surface area contributed by atoms with Gasteiger partial charge in [0, 0.05) is 19.0 Å². The first-order chi connectivity index (χ1) is 14.2. The molecule has 152 valence electrons. The molecule has 3 heterocycles. The van der Waals surface area contributed by atoms with E-state index in [1.165, 1.54) is 0 Å². The van der Waals surface area contributed by atoms with Gasteiger partial charge in [-0.2, -0.15) is 4.52 Å². The lowest BCUT2D eigenvalue weighted by molar-refractivity contribution is -0.126. The number of benzene rings is 1. The van der Waals surface area contributed by atoms with Gasteiger partial charge in [-0.05, 0) is 49.1 Å². The van der Waals surface area contributed by atoms with Gasteiger partial charge in [-0.15, -0.1) is 15.3 Å². The van der Waals surface area contributed by atoms with E-state index in [1.807, 2.05) is 36.4 Å². The molecule has 1 aliphatic heterocycles. The van der Waals surface area contributed by atoms with E-state index in [-0.39, 0.29) is 17.9 Å². The molecule has 29 heavy (non-hydrogen) atoms. The van der Waals surface area contributed by atoms with Gasteiger partial charge in [0.1, 0.15) is 17.9 Å². The van der Waals surface area contributed by atoms with Crippen molar-refractivity contribution in [1.82, 2.24) is 25.1 Å². The Morgan fingerprint density at radius 3 is 2.66 bits per heavy atom. The molecule has 4 rings (SSSR count). The second-order valence-corrected chi connectivity index (χ2v) is 7.33. The molecular weight excluding hydrogens is 368 g/mol. The third kappa shape index (κ3) is 4.16. The summed E-state index contributed by atoms with van der Waals surface area (Å²) in [5, 5.41) is 15.6. The third-order valence-electron chi connectivity index (χ3n) is 5.58. The van der Waals surface area contributed by atoms with Gasteiger partial charge in [0.25, 0.3) is 0 Å². The van der Waals surface area contributed by atoms with Crippen molar-refractivity contribution in [2.75, 3.05) is 25.1 Å². The first-order valence-electron chi connectivity index (χ1n) is 10.0. The molecule has 2 aromatic heterocycles. The summed E-state index contributed by atoms with van der Waals surface area (Å²) >= 11 is 0. The standard InChI is InChI=1S/C21H26N6O2/c1-3-18(15-4-6-17(29-2)7-5-15)23-21(28)16-10-12-26(13-11-16)20-9-8-19-24-22-14-27(19)25-20/h4-9,14,16,18H,3,10-13H2,1-2H3,(H,23,28). The molecule has 1 fully saturated rings. The molecule has 1 atom stereocenters. The van der Waals surface area contributed by atoms with Crippen molar-refractivity contribution in [3.63, 3.8) is 0 Å². The summed E-state index contributed by atoms with van der Waals surface area (Å²) in [6.07, 6.45) is 4.07. The first kappa shape index (κ1) is 19.2. The summed E-state index contributed by atoms with van der Waals surface area (Å²) in [5.41, 5.74) is 1.83. The number of hydrogen-bond acceptors (Lipinski definition) is 6. The van der Waals surface area contributed by atoms with E-state index in [0.717, 1.165) is 55.1 Å². The van der Waals surface area contributed by atoms with Crippen LogP contribution in [0.25, 0.3) is 5.65 Å². The number of rotatable bonds is 6. The maximum Gasteiger partial charge on any atom is 0.223 e. The molecule has 8 nitrogen and oxygen atoms in total. The van der Waals surface area contributed by atoms with Crippen molar-refractivity contribution in [2.24, 2.45) is 5.92 Å². The van der Waals surface area contributed by atoms with Gasteiger partial charge in [0.15, 0.2) is 5.65 Å². The van der Waals surface area contributed by atoms with Crippen LogP contribution in [0.5, 0.6) is 5.75 Å². The van der Waals surface area contributed by atoms with Crippen LogP contribution in [0.15, 0.2) is 42.7 Å². The van der Waals surface area contributed by atoms with Crippen molar-refractivity contribution in [3.05, 3.63) is 48.3 Å². The van der Waals surface area contributed by atoms with Gasteiger partial charge in [0.05, 0.1) is 13.2 Å². The normalized spacial score (nSPS) is 16.0. The van der Waals surface area contributed by atoms with Crippen molar-refractivity contribution in [1.29, 1.82) is 0 Å². The number of fused-ring (bicyclic) bond motifs is 1. The van der Waals surface area contributed by atoms with Gasteiger partial charge in [-0.25, -0.2) is 0 Å². The predicted octanol–water partition coefficient (Wildman–Crippen LogP) is 2.62. The zero-order valence-corrected chi connectivity index (χ0v) is 16.8. The second kappa shape index (κ2) is 8.46. The number of amides is 1. The summed E-state index contributed by atoms with van der Waals surface area (Å²) < 4.78 is 6.89. The summed E-state index contributed by atoms with van der Waals surface area (Å²) in [5.74, 6) is 1.87. The Morgan fingerprint density at radius 2 is 1.97 bits per heavy atom. The lowest BCUT2D eigenvalue weighted by Crippen LogP contribution is -2.42. The molecule has 1 N–H and O–H groups in total. The topological polar surface area (TPSA) is 84.7 Å². The van der Waals surface area contributed by atoms with Crippen LogP contribution in [-0.2, 0) is 4.79 Å². The Labute approximate surface area is 169 Å². The molecule has 0 saturated carbocycles. The van der Waals surface area contributed by atoms with Gasteiger partial charge in [-0.1, -0.05) is 19.1 Å². The van der Waals surface area contributed by atoms with Crippen LogP contribution in [0.1, 0.15) is 37.8 Å².